The van der Waals surface area contributed by atoms with E-state index < -0.39 is 35.8 Å². The van der Waals surface area contributed by atoms with E-state index in [0.29, 0.717) is 32.0 Å². The number of aliphatic hydroxyl groups is 1. The number of aromatic nitrogens is 2. The van der Waals surface area contributed by atoms with Gasteiger partial charge in [-0.3, -0.25) is 9.59 Å². The average molecular weight is 672 g/mol. The molecule has 2 aromatic carbocycles. The maximum absolute atomic E-state index is 14.1. The van der Waals surface area contributed by atoms with E-state index in [-0.39, 0.29) is 24.2 Å². The molecule has 0 radical (unpaired) electrons. The minimum absolute atomic E-state index is 0.0631. The van der Waals surface area contributed by atoms with E-state index in [4.69, 9.17) is 4.74 Å². The highest BCUT2D eigenvalue weighted by Gasteiger charge is 2.35. The molecule has 3 aromatic rings. The fraction of sp³-hybridized carbons (Fsp3) is 0.487. The molecule has 4 rings (SSSR count). The summed E-state index contributed by atoms with van der Waals surface area (Å²) in [5, 5.41) is 17.6. The molecule has 264 valence electrons. The second-order valence-electron chi connectivity index (χ2n) is 14.3. The van der Waals surface area contributed by atoms with Gasteiger partial charge in [-0.2, -0.15) is 0 Å². The Balaban J connectivity index is 1.50. The summed E-state index contributed by atoms with van der Waals surface area (Å²) in [6.07, 6.45) is 10.0. The van der Waals surface area contributed by atoms with Gasteiger partial charge in [0.25, 0.3) is 0 Å². The van der Waals surface area contributed by atoms with Crippen LogP contribution in [0.15, 0.2) is 85.5 Å². The third kappa shape index (κ3) is 11.9. The van der Waals surface area contributed by atoms with Gasteiger partial charge in [0.15, 0.2) is 0 Å². The lowest BCUT2D eigenvalue weighted by Crippen LogP contribution is -2.54. The van der Waals surface area contributed by atoms with Gasteiger partial charge in [-0.15, -0.1) is 0 Å². The lowest BCUT2D eigenvalue weighted by atomic mass is 9.90. The van der Waals surface area contributed by atoms with Gasteiger partial charge in [0.2, 0.25) is 11.8 Å². The summed E-state index contributed by atoms with van der Waals surface area (Å²) in [4.78, 5) is 46.8. The van der Waals surface area contributed by atoms with E-state index in [2.05, 4.69) is 20.2 Å². The van der Waals surface area contributed by atoms with Gasteiger partial charge in [-0.05, 0) is 69.9 Å². The molecule has 1 saturated heterocycles. The van der Waals surface area contributed by atoms with Crippen molar-refractivity contribution in [2.24, 2.45) is 11.8 Å². The van der Waals surface area contributed by atoms with Crippen LogP contribution < -0.4 is 10.6 Å². The molecular weight excluding hydrogens is 618 g/mol. The number of likely N-dealkylation sites (tertiary alicyclic amines) is 1. The van der Waals surface area contributed by atoms with Crippen molar-refractivity contribution in [1.82, 2.24) is 25.1 Å². The van der Waals surface area contributed by atoms with Crippen LogP contribution in [0.5, 0.6) is 0 Å². The maximum Gasteiger partial charge on any atom is 0.407 e. The number of carbonyl (C=O) groups excluding carboxylic acids is 3. The summed E-state index contributed by atoms with van der Waals surface area (Å²) in [5.74, 6) is -1.23. The van der Waals surface area contributed by atoms with Gasteiger partial charge in [-0.25, -0.2) is 9.78 Å². The molecule has 0 aliphatic carbocycles. The first-order valence-electron chi connectivity index (χ1n) is 17.4. The fourth-order valence-electron chi connectivity index (χ4n) is 6.16. The number of benzene rings is 2. The van der Waals surface area contributed by atoms with Gasteiger partial charge in [0.1, 0.15) is 11.6 Å². The zero-order valence-corrected chi connectivity index (χ0v) is 29.5. The zero-order valence-electron chi connectivity index (χ0n) is 29.5. The topological polar surface area (TPSA) is 126 Å². The standard InChI is InChI=1S/C39H53N5O5/c1-28(2)35(37(47)43-22-19-32(20-23-43)44-24-21-40-27-44)42-36(46)31(18-12-17-29-13-8-6-9-14-29)26-34(45)33(25-30-15-10-7-11-16-30)41-38(48)49-39(3,4)5/h6-17,21,24,27-28,31-35,45H,18-20,22-23,25-26H2,1-5H3,(H,41,48)(H,42,46)/t31-,33+,34+,35+/m1/s1. The maximum atomic E-state index is 14.1. The predicted octanol–water partition coefficient (Wildman–Crippen LogP) is 5.79. The number of hydrogen-bond acceptors (Lipinski definition) is 6. The summed E-state index contributed by atoms with van der Waals surface area (Å²) >= 11 is 0. The Morgan fingerprint density at radius 1 is 1.00 bits per heavy atom. The Labute approximate surface area is 290 Å². The number of alkyl carbamates (subject to hydrolysis) is 1. The van der Waals surface area contributed by atoms with Crippen LogP contribution in [0.3, 0.4) is 0 Å². The third-order valence-electron chi connectivity index (χ3n) is 8.85. The van der Waals surface area contributed by atoms with Crippen molar-refractivity contribution in [2.45, 2.75) is 96.6 Å². The van der Waals surface area contributed by atoms with Crippen LogP contribution >= 0.6 is 0 Å². The van der Waals surface area contributed by atoms with Crippen molar-refractivity contribution < 1.29 is 24.2 Å². The quantitative estimate of drug-likeness (QED) is 0.199. The molecule has 0 bridgehead atoms. The van der Waals surface area contributed by atoms with Crippen molar-refractivity contribution in [1.29, 1.82) is 0 Å². The van der Waals surface area contributed by atoms with E-state index in [0.717, 1.165) is 24.0 Å². The number of piperidine rings is 1. The molecule has 0 saturated carbocycles. The summed E-state index contributed by atoms with van der Waals surface area (Å²) in [6.45, 7) is 10.4. The molecule has 49 heavy (non-hydrogen) atoms. The second kappa shape index (κ2) is 17.8. The van der Waals surface area contributed by atoms with Gasteiger partial charge < -0.3 is 29.9 Å². The second-order valence-corrected chi connectivity index (χ2v) is 14.3. The molecule has 1 fully saturated rings. The number of hydrogen-bond donors (Lipinski definition) is 3. The SMILES string of the molecule is CC(C)[C@H](NC(=O)[C@H](CC=Cc1ccccc1)C[C@H](O)[C@H](Cc1ccccc1)NC(=O)OC(C)(C)C)C(=O)N1CCC(n2ccnc2)CC1. The third-order valence-corrected chi connectivity index (χ3v) is 8.85. The predicted molar refractivity (Wildman–Crippen MR) is 191 cm³/mol. The molecule has 2 heterocycles. The Morgan fingerprint density at radius 2 is 1.65 bits per heavy atom. The van der Waals surface area contributed by atoms with E-state index in [1.807, 2.05) is 104 Å². The molecule has 4 atom stereocenters. The molecule has 1 aliphatic heterocycles. The molecule has 3 amide bonds. The average Bonchev–Trinajstić information content (AvgIpc) is 3.61. The number of rotatable bonds is 14. The molecule has 1 aliphatic rings. The molecule has 0 unspecified atom stereocenters. The number of ether oxygens (including phenoxy) is 1. The number of amides is 3. The first kappa shape index (κ1) is 37.4. The Hall–Kier alpha value is -4.44. The Bertz CT molecular complexity index is 1480. The van der Waals surface area contributed by atoms with Gasteiger partial charge in [0, 0.05) is 37.4 Å². The summed E-state index contributed by atoms with van der Waals surface area (Å²) in [5.41, 5.74) is 1.20. The van der Waals surface area contributed by atoms with E-state index in [1.165, 1.54) is 0 Å². The van der Waals surface area contributed by atoms with Crippen LogP contribution in [0.2, 0.25) is 0 Å². The van der Waals surface area contributed by atoms with Crippen LogP contribution in [-0.4, -0.2) is 74.3 Å². The zero-order chi connectivity index (χ0) is 35.4. The van der Waals surface area contributed by atoms with Gasteiger partial charge in [0.05, 0.1) is 18.5 Å². The van der Waals surface area contributed by atoms with E-state index in [9.17, 15) is 19.5 Å². The molecule has 10 nitrogen and oxygen atoms in total. The van der Waals surface area contributed by atoms with Crippen molar-refractivity contribution in [3.63, 3.8) is 0 Å². The fourth-order valence-corrected chi connectivity index (χ4v) is 6.16. The van der Waals surface area contributed by atoms with Gasteiger partial charge >= 0.3 is 6.09 Å². The van der Waals surface area contributed by atoms with E-state index >= 15 is 0 Å². The summed E-state index contributed by atoms with van der Waals surface area (Å²) in [6, 6.07) is 18.2. The smallest absolute Gasteiger partial charge is 0.407 e. The highest BCUT2D eigenvalue weighted by Crippen LogP contribution is 2.24. The highest BCUT2D eigenvalue weighted by atomic mass is 16.6. The van der Waals surface area contributed by atoms with Crippen LogP contribution in [0, 0.1) is 11.8 Å². The number of aliphatic hydroxyl groups excluding tert-OH is 1. The highest BCUT2D eigenvalue weighted by molar-refractivity contribution is 5.89. The first-order valence-corrected chi connectivity index (χ1v) is 17.4. The van der Waals surface area contributed by atoms with Gasteiger partial charge in [-0.1, -0.05) is 86.7 Å². The van der Waals surface area contributed by atoms with Crippen molar-refractivity contribution >= 4 is 24.0 Å². The molecular formula is C39H53N5O5. The van der Waals surface area contributed by atoms with Crippen LogP contribution in [0.1, 0.15) is 77.5 Å². The lowest BCUT2D eigenvalue weighted by molar-refractivity contribution is -0.140. The molecule has 1 aromatic heterocycles. The number of imidazole rings is 1. The lowest BCUT2D eigenvalue weighted by Gasteiger charge is -2.36. The number of carbonyl (C=O) groups is 3. The molecule has 0 spiro atoms. The number of nitrogens with zero attached hydrogens (tertiary/aromatic N) is 3. The van der Waals surface area contributed by atoms with Crippen LogP contribution in [0.4, 0.5) is 4.79 Å². The van der Waals surface area contributed by atoms with Crippen LogP contribution in [-0.2, 0) is 20.7 Å². The first-order chi connectivity index (χ1) is 23.4. The Morgan fingerprint density at radius 3 is 2.24 bits per heavy atom. The van der Waals surface area contributed by atoms with Crippen molar-refractivity contribution in [3.05, 3.63) is 96.6 Å². The minimum atomic E-state index is -1.08. The van der Waals surface area contributed by atoms with Crippen molar-refractivity contribution in [2.75, 3.05) is 13.1 Å². The van der Waals surface area contributed by atoms with Crippen molar-refractivity contribution in [3.8, 4) is 0 Å². The summed E-state index contributed by atoms with van der Waals surface area (Å²) < 4.78 is 7.60. The Kier molecular flexibility index (Phi) is 13.6. The molecule has 3 N–H and O–H groups in total. The number of nitrogens with one attached hydrogen (secondary N) is 2. The van der Waals surface area contributed by atoms with Crippen LogP contribution in [0.25, 0.3) is 6.08 Å². The van der Waals surface area contributed by atoms with E-state index in [1.54, 1.807) is 27.0 Å². The minimum Gasteiger partial charge on any atom is -0.444 e. The monoisotopic (exact) mass is 671 g/mol. The largest absolute Gasteiger partial charge is 0.444 e. The summed E-state index contributed by atoms with van der Waals surface area (Å²) in [7, 11) is 0. The number of allylic oxidation sites excluding steroid dienone is 1. The normalized spacial score (nSPS) is 16.6. The molecule has 10 heteroatoms.